The zero-order chi connectivity index (χ0) is 18.4. The first-order chi connectivity index (χ1) is 12.4. The van der Waals surface area contributed by atoms with Gasteiger partial charge < -0.3 is 19.5 Å². The molecule has 122 valence electrons. The molecular weight excluding hydrogens is 294 g/mol. The third-order valence-corrected chi connectivity index (χ3v) is 6.51. The lowest BCUT2D eigenvalue weighted by atomic mass is 9.49. The summed E-state index contributed by atoms with van der Waals surface area (Å²) in [6, 6.07) is -0.00631. The summed E-state index contributed by atoms with van der Waals surface area (Å²) in [5.41, 5.74) is -0.101. The van der Waals surface area contributed by atoms with E-state index in [0.29, 0.717) is 31.4 Å². The predicted octanol–water partition coefficient (Wildman–Crippen LogP) is 1.05. The van der Waals surface area contributed by atoms with Gasteiger partial charge in [0, 0.05) is 18.0 Å². The van der Waals surface area contributed by atoms with Gasteiger partial charge >= 0.3 is 0 Å². The van der Waals surface area contributed by atoms with Gasteiger partial charge in [-0.05, 0) is 44.5 Å². The number of carbonyl (C=O) groups is 1. The molecule has 2 heterocycles. The first kappa shape index (κ1) is 11.0. The number of likely N-dealkylation sites (tertiary alicyclic amines) is 1. The van der Waals surface area contributed by atoms with Crippen LogP contribution in [-0.2, 0) is 16.6 Å². The Morgan fingerprint density at radius 3 is 3.17 bits per heavy atom. The summed E-state index contributed by atoms with van der Waals surface area (Å²) < 4.78 is 36.4. The Morgan fingerprint density at radius 2 is 2.39 bits per heavy atom. The molecular formula is C18H21NO4. The summed E-state index contributed by atoms with van der Waals surface area (Å²) in [6.07, 6.45) is 1.18. The van der Waals surface area contributed by atoms with Crippen molar-refractivity contribution in [1.29, 1.82) is 1.43 Å². The van der Waals surface area contributed by atoms with Gasteiger partial charge in [-0.1, -0.05) is 6.04 Å². The molecule has 4 aliphatic rings. The molecule has 4 atom stereocenters. The Morgan fingerprint density at radius 1 is 1.52 bits per heavy atom. The van der Waals surface area contributed by atoms with E-state index in [1.807, 2.05) is 7.05 Å². The average Bonchev–Trinajstić information content (AvgIpc) is 2.98. The van der Waals surface area contributed by atoms with Gasteiger partial charge in [0.1, 0.15) is 0 Å². The normalized spacial score (nSPS) is 42.3. The minimum Gasteiger partial charge on any atom is -0.493 e. The second-order valence-electron chi connectivity index (χ2n) is 7.24. The lowest BCUT2D eigenvalue weighted by Gasteiger charge is -2.62. The number of nitrogens with zero attached hydrogens (tertiary/aromatic N) is 1. The number of carbonyl (C=O) groups excluding carboxylic acids is 1. The third-order valence-electron chi connectivity index (χ3n) is 6.51. The lowest BCUT2D eigenvalue weighted by molar-refractivity contribution is -0.185. The van der Waals surface area contributed by atoms with Gasteiger partial charge in [0.05, 0.1) is 20.9 Å². The molecule has 1 saturated carbocycles. The summed E-state index contributed by atoms with van der Waals surface area (Å²) in [6.45, 7) is 0.764. The first-order valence-corrected chi connectivity index (χ1v) is 8.17. The van der Waals surface area contributed by atoms with Crippen LogP contribution in [0.1, 0.15) is 33.1 Å². The number of rotatable bonds is 2. The van der Waals surface area contributed by atoms with Crippen molar-refractivity contribution in [3.63, 3.8) is 0 Å². The van der Waals surface area contributed by atoms with Crippen LogP contribution in [0, 0.1) is 0 Å². The first-order valence-electron chi connectivity index (χ1n) is 9.58. The molecule has 2 aliphatic heterocycles. The number of hydrogen-bond donors (Lipinski definition) is 1. The predicted molar refractivity (Wildman–Crippen MR) is 83.0 cm³/mol. The molecule has 1 spiro atoms. The molecule has 1 aromatic carbocycles. The van der Waals surface area contributed by atoms with E-state index in [1.54, 1.807) is 0 Å². The number of Topliss-reactive ketones (excluding diaryl/α,β-unsaturated/α-hetero) is 1. The van der Waals surface area contributed by atoms with Crippen LogP contribution in [0.15, 0.2) is 12.1 Å². The van der Waals surface area contributed by atoms with Crippen molar-refractivity contribution in [2.75, 3.05) is 20.7 Å². The summed E-state index contributed by atoms with van der Waals surface area (Å²) in [4.78, 5) is 15.0. The van der Waals surface area contributed by atoms with Crippen LogP contribution in [0.3, 0.4) is 0 Å². The van der Waals surface area contributed by atoms with Gasteiger partial charge in [-0.3, -0.25) is 4.79 Å². The van der Waals surface area contributed by atoms with Crippen molar-refractivity contribution in [2.45, 2.75) is 48.8 Å². The molecule has 1 saturated heterocycles. The number of likely N-dealkylation sites (N-methyl/N-ethyl adjacent to an activating group) is 1. The van der Waals surface area contributed by atoms with E-state index in [2.05, 4.69) is 4.90 Å². The number of piperidine rings is 1. The molecule has 23 heavy (non-hydrogen) atoms. The van der Waals surface area contributed by atoms with Crippen LogP contribution in [0.2, 0.25) is 0 Å². The largest absolute Gasteiger partial charge is 0.493 e. The average molecular weight is 318 g/mol. The van der Waals surface area contributed by atoms with Gasteiger partial charge in [0.15, 0.2) is 23.4 Å². The molecule has 5 rings (SSSR count). The molecule has 2 bridgehead atoms. The minimum atomic E-state index is -0.849. The second-order valence-corrected chi connectivity index (χ2v) is 7.24. The third kappa shape index (κ3) is 1.32. The van der Waals surface area contributed by atoms with Crippen molar-refractivity contribution in [3.8, 4) is 11.5 Å². The standard InChI is InChI=1S/C18H21NO4/c1-19-8-7-17-14-10-3-4-12(22-2)15(14)23-16(17)11(20)5-6-18(17,21)13(19)9-10/h3-4,13,16,21H,5-9H2,1-2H3/t13-,16?,17+,18-/m1/s1/i3D,4D,21D. The number of ether oxygens (including phenoxy) is 2. The molecule has 0 radical (unpaired) electrons. The maximum absolute atomic E-state index is 12.8. The monoisotopic (exact) mass is 318 g/mol. The van der Waals surface area contributed by atoms with Gasteiger partial charge in [0.25, 0.3) is 0 Å². The van der Waals surface area contributed by atoms with E-state index in [9.17, 15) is 4.79 Å². The fourth-order valence-electron chi connectivity index (χ4n) is 5.48. The summed E-state index contributed by atoms with van der Waals surface area (Å²) in [5, 5.41) is 5.49. The zero-order valence-electron chi connectivity index (χ0n) is 16.3. The minimum absolute atomic E-state index is 0.00476. The zero-order valence-corrected chi connectivity index (χ0v) is 13.3. The van der Waals surface area contributed by atoms with Crippen molar-refractivity contribution >= 4 is 5.78 Å². The Hall–Kier alpha value is -1.59. The topological polar surface area (TPSA) is 59.0 Å². The Labute approximate surface area is 139 Å². The van der Waals surface area contributed by atoms with Crippen molar-refractivity contribution in [3.05, 3.63) is 23.2 Å². The molecule has 1 N–H and O–H groups in total. The van der Waals surface area contributed by atoms with Crippen LogP contribution in [0.4, 0.5) is 0 Å². The number of benzene rings is 1. The Balaban J connectivity index is 1.91. The summed E-state index contributed by atoms with van der Waals surface area (Å²) in [7, 11) is 3.45. The van der Waals surface area contributed by atoms with Crippen molar-refractivity contribution in [2.24, 2.45) is 0 Å². The highest BCUT2D eigenvalue weighted by atomic mass is 16.5. The van der Waals surface area contributed by atoms with Gasteiger partial charge in [-0.2, -0.15) is 0 Å². The van der Waals surface area contributed by atoms with E-state index in [0.717, 1.165) is 17.7 Å². The molecule has 2 aliphatic carbocycles. The summed E-state index contributed by atoms with van der Waals surface area (Å²) >= 11 is 0. The molecule has 0 amide bonds. The van der Waals surface area contributed by atoms with E-state index in [1.165, 1.54) is 7.11 Å². The SMILES string of the molecule is [2H]O[C@@]12CCC(=O)C3Oc4c(OC)c([2H])c([2H])c5c4[C@@]31CCN(C)[C@@H]2C5. The maximum Gasteiger partial charge on any atom is 0.211 e. The van der Waals surface area contributed by atoms with E-state index >= 15 is 0 Å². The Kier molecular flexibility index (Phi) is 1.96. The second kappa shape index (κ2) is 4.08. The van der Waals surface area contributed by atoms with Crippen LogP contribution in [0.25, 0.3) is 0 Å². The molecule has 1 unspecified atom stereocenters. The molecule has 2 fully saturated rings. The van der Waals surface area contributed by atoms with E-state index < -0.39 is 17.1 Å². The molecule has 5 heteroatoms. The van der Waals surface area contributed by atoms with E-state index in [-0.39, 0.29) is 29.7 Å². The fourth-order valence-corrected chi connectivity index (χ4v) is 5.48. The van der Waals surface area contributed by atoms with Crippen molar-refractivity contribution in [1.82, 2.24) is 4.90 Å². The van der Waals surface area contributed by atoms with Crippen LogP contribution in [0.5, 0.6) is 11.5 Å². The van der Waals surface area contributed by atoms with Crippen molar-refractivity contribution < 1.29 is 22.1 Å². The molecule has 1 aromatic rings. The van der Waals surface area contributed by atoms with E-state index in [4.69, 9.17) is 18.8 Å². The number of hydrogen-bond acceptors (Lipinski definition) is 5. The molecule has 0 aromatic heterocycles. The number of ketones is 1. The summed E-state index contributed by atoms with van der Waals surface area (Å²) in [5.74, 6) is 0.625. The quantitative estimate of drug-likeness (QED) is 0.883. The number of aliphatic hydroxyl groups is 1. The Bertz CT molecular complexity index is 846. The highest BCUT2D eigenvalue weighted by Crippen LogP contribution is 2.64. The highest BCUT2D eigenvalue weighted by Gasteiger charge is 2.72. The number of methoxy groups -OCH3 is 1. The van der Waals surface area contributed by atoms with Crippen LogP contribution >= 0.6 is 0 Å². The maximum atomic E-state index is 12.8. The van der Waals surface area contributed by atoms with Crippen LogP contribution < -0.4 is 9.47 Å². The van der Waals surface area contributed by atoms with Gasteiger partial charge in [0.2, 0.25) is 1.43 Å². The van der Waals surface area contributed by atoms with Gasteiger partial charge in [-0.25, -0.2) is 0 Å². The molecule has 5 nitrogen and oxygen atoms in total. The smallest absolute Gasteiger partial charge is 0.211 e. The fraction of sp³-hybridized carbons (Fsp3) is 0.611. The highest BCUT2D eigenvalue weighted by molar-refractivity contribution is 5.90. The van der Waals surface area contributed by atoms with Gasteiger partial charge in [-0.15, -0.1) is 0 Å². The van der Waals surface area contributed by atoms with Crippen LogP contribution in [-0.4, -0.2) is 55.7 Å². The lowest BCUT2D eigenvalue weighted by Crippen LogP contribution is -2.76.